The van der Waals surface area contributed by atoms with E-state index in [9.17, 15) is 8.78 Å². The van der Waals surface area contributed by atoms with Gasteiger partial charge in [-0.05, 0) is 31.5 Å². The van der Waals surface area contributed by atoms with Gasteiger partial charge in [-0.3, -0.25) is 0 Å². The number of nitrogens with zero attached hydrogens (tertiary/aromatic N) is 1. The van der Waals surface area contributed by atoms with Crippen LogP contribution in [0.4, 0.5) is 14.5 Å². The molecule has 0 spiro atoms. The zero-order valence-corrected chi connectivity index (χ0v) is 11.2. The standard InChI is InChI=1S/C14H16F2N2O/c1-4-17-11-6-9(7-19-3)18-14-10(15)5-8(2)13(16)12(11)14/h5-6H,4,7H2,1-3H3,(H,17,18). The summed E-state index contributed by atoms with van der Waals surface area (Å²) in [5, 5.41) is 3.24. The van der Waals surface area contributed by atoms with Crippen LogP contribution in [0.2, 0.25) is 0 Å². The number of halogens is 2. The smallest absolute Gasteiger partial charge is 0.149 e. The lowest BCUT2D eigenvalue weighted by Gasteiger charge is -2.13. The predicted molar refractivity (Wildman–Crippen MR) is 71.3 cm³/mol. The molecule has 0 fully saturated rings. The second-order valence-electron chi connectivity index (χ2n) is 4.34. The molecule has 0 amide bonds. The Morgan fingerprint density at radius 2 is 2.05 bits per heavy atom. The molecule has 0 unspecified atom stereocenters. The number of benzene rings is 1. The van der Waals surface area contributed by atoms with E-state index in [-0.39, 0.29) is 23.1 Å². The molecule has 0 aliphatic heterocycles. The summed E-state index contributed by atoms with van der Waals surface area (Å²) in [6.07, 6.45) is 0. The third-order valence-electron chi connectivity index (χ3n) is 2.87. The van der Waals surface area contributed by atoms with Gasteiger partial charge >= 0.3 is 0 Å². The molecule has 2 rings (SSSR count). The number of hydrogen-bond acceptors (Lipinski definition) is 3. The number of nitrogens with one attached hydrogen (secondary N) is 1. The first-order valence-electron chi connectivity index (χ1n) is 6.09. The van der Waals surface area contributed by atoms with Crippen molar-refractivity contribution in [2.75, 3.05) is 19.0 Å². The van der Waals surface area contributed by atoms with Crippen molar-refractivity contribution in [1.82, 2.24) is 4.98 Å². The SMILES string of the molecule is CCNc1cc(COC)nc2c(F)cc(C)c(F)c12. The lowest BCUT2D eigenvalue weighted by Crippen LogP contribution is -2.04. The summed E-state index contributed by atoms with van der Waals surface area (Å²) < 4.78 is 33.2. The quantitative estimate of drug-likeness (QED) is 0.921. The minimum Gasteiger partial charge on any atom is -0.385 e. The van der Waals surface area contributed by atoms with Gasteiger partial charge in [0.25, 0.3) is 0 Å². The molecule has 0 bridgehead atoms. The van der Waals surface area contributed by atoms with Crippen molar-refractivity contribution in [3.8, 4) is 0 Å². The molecule has 1 aromatic carbocycles. The number of pyridine rings is 1. The van der Waals surface area contributed by atoms with Gasteiger partial charge in [0.05, 0.1) is 17.7 Å². The summed E-state index contributed by atoms with van der Waals surface area (Å²) in [6, 6.07) is 2.86. The van der Waals surface area contributed by atoms with Gasteiger partial charge in [-0.1, -0.05) is 0 Å². The summed E-state index contributed by atoms with van der Waals surface area (Å²) in [7, 11) is 1.53. The molecule has 1 heterocycles. The fraction of sp³-hybridized carbons (Fsp3) is 0.357. The topological polar surface area (TPSA) is 34.1 Å². The van der Waals surface area contributed by atoms with Crippen LogP contribution in [-0.2, 0) is 11.3 Å². The largest absolute Gasteiger partial charge is 0.385 e. The Kier molecular flexibility index (Phi) is 3.95. The zero-order valence-electron chi connectivity index (χ0n) is 11.2. The second-order valence-corrected chi connectivity index (χ2v) is 4.34. The highest BCUT2D eigenvalue weighted by Gasteiger charge is 2.16. The van der Waals surface area contributed by atoms with Gasteiger partial charge in [-0.2, -0.15) is 0 Å². The Bertz CT molecular complexity index is 614. The van der Waals surface area contributed by atoms with Crippen LogP contribution in [0.15, 0.2) is 12.1 Å². The van der Waals surface area contributed by atoms with Crippen molar-refractivity contribution >= 4 is 16.6 Å². The first kappa shape index (κ1) is 13.7. The molecule has 1 aromatic heterocycles. The molecule has 19 heavy (non-hydrogen) atoms. The maximum atomic E-state index is 14.2. The zero-order chi connectivity index (χ0) is 14.0. The fourth-order valence-electron chi connectivity index (χ4n) is 2.06. The number of aromatic nitrogens is 1. The number of ether oxygens (including phenoxy) is 1. The first-order chi connectivity index (χ1) is 9.08. The monoisotopic (exact) mass is 266 g/mol. The van der Waals surface area contributed by atoms with E-state index in [0.717, 1.165) is 6.07 Å². The Morgan fingerprint density at radius 3 is 2.68 bits per heavy atom. The Balaban J connectivity index is 2.78. The maximum Gasteiger partial charge on any atom is 0.149 e. The third kappa shape index (κ3) is 2.51. The van der Waals surface area contributed by atoms with E-state index < -0.39 is 11.6 Å². The third-order valence-corrected chi connectivity index (χ3v) is 2.87. The number of rotatable bonds is 4. The molecule has 1 N–H and O–H groups in total. The maximum absolute atomic E-state index is 14.2. The Hall–Kier alpha value is -1.75. The van der Waals surface area contributed by atoms with Crippen LogP contribution in [0.1, 0.15) is 18.2 Å². The lowest BCUT2D eigenvalue weighted by molar-refractivity contribution is 0.182. The van der Waals surface area contributed by atoms with E-state index in [1.165, 1.54) is 14.0 Å². The van der Waals surface area contributed by atoms with E-state index in [0.29, 0.717) is 17.9 Å². The highest BCUT2D eigenvalue weighted by Crippen LogP contribution is 2.30. The number of methoxy groups -OCH3 is 1. The summed E-state index contributed by atoms with van der Waals surface area (Å²) in [6.45, 7) is 4.30. The van der Waals surface area contributed by atoms with Crippen molar-refractivity contribution in [1.29, 1.82) is 0 Å². The molecule has 3 nitrogen and oxygen atoms in total. The van der Waals surface area contributed by atoms with Gasteiger partial charge in [-0.25, -0.2) is 13.8 Å². The van der Waals surface area contributed by atoms with Gasteiger partial charge in [0.1, 0.15) is 17.2 Å². The molecule has 0 atom stereocenters. The molecule has 0 aliphatic rings. The van der Waals surface area contributed by atoms with Gasteiger partial charge in [0, 0.05) is 19.3 Å². The van der Waals surface area contributed by atoms with Crippen LogP contribution in [0.25, 0.3) is 10.9 Å². The van der Waals surface area contributed by atoms with Crippen LogP contribution in [-0.4, -0.2) is 18.6 Å². The minimum absolute atomic E-state index is 0.0357. The first-order valence-corrected chi connectivity index (χ1v) is 6.09. The van der Waals surface area contributed by atoms with Crippen molar-refractivity contribution in [3.63, 3.8) is 0 Å². The molecular formula is C14H16F2N2O. The van der Waals surface area contributed by atoms with E-state index in [1.807, 2.05) is 6.92 Å². The van der Waals surface area contributed by atoms with Crippen molar-refractivity contribution in [2.45, 2.75) is 20.5 Å². The van der Waals surface area contributed by atoms with Gasteiger partial charge in [-0.15, -0.1) is 0 Å². The molecule has 0 aliphatic carbocycles. The van der Waals surface area contributed by atoms with Crippen molar-refractivity contribution in [2.24, 2.45) is 0 Å². The summed E-state index contributed by atoms with van der Waals surface area (Å²) in [4.78, 5) is 4.13. The van der Waals surface area contributed by atoms with Gasteiger partial charge in [0.2, 0.25) is 0 Å². The fourth-order valence-corrected chi connectivity index (χ4v) is 2.06. The average Bonchev–Trinajstić information content (AvgIpc) is 2.36. The normalized spacial score (nSPS) is 11.0. The van der Waals surface area contributed by atoms with Crippen LogP contribution in [0.3, 0.4) is 0 Å². The predicted octanol–water partition coefficient (Wildman–Crippen LogP) is 3.40. The molecule has 0 saturated heterocycles. The molecule has 0 radical (unpaired) electrons. The average molecular weight is 266 g/mol. The Morgan fingerprint density at radius 1 is 1.32 bits per heavy atom. The highest BCUT2D eigenvalue weighted by atomic mass is 19.1. The highest BCUT2D eigenvalue weighted by molar-refractivity contribution is 5.93. The molecular weight excluding hydrogens is 250 g/mol. The van der Waals surface area contributed by atoms with Crippen LogP contribution in [0.5, 0.6) is 0 Å². The Labute approximate surface area is 110 Å². The number of hydrogen-bond donors (Lipinski definition) is 1. The molecule has 0 saturated carbocycles. The number of anilines is 1. The molecule has 102 valence electrons. The van der Waals surface area contributed by atoms with Crippen molar-refractivity contribution < 1.29 is 13.5 Å². The van der Waals surface area contributed by atoms with Crippen LogP contribution in [0, 0.1) is 18.6 Å². The van der Waals surface area contributed by atoms with Gasteiger partial charge in [0.15, 0.2) is 0 Å². The number of fused-ring (bicyclic) bond motifs is 1. The second kappa shape index (κ2) is 5.48. The molecule has 2 aromatic rings. The lowest BCUT2D eigenvalue weighted by atomic mass is 10.1. The van der Waals surface area contributed by atoms with E-state index in [2.05, 4.69) is 10.3 Å². The van der Waals surface area contributed by atoms with Crippen molar-refractivity contribution in [3.05, 3.63) is 35.0 Å². The van der Waals surface area contributed by atoms with E-state index in [4.69, 9.17) is 4.74 Å². The van der Waals surface area contributed by atoms with E-state index >= 15 is 0 Å². The molecule has 5 heteroatoms. The summed E-state index contributed by atoms with van der Waals surface area (Å²) in [5.41, 5.74) is 1.41. The van der Waals surface area contributed by atoms with Gasteiger partial charge < -0.3 is 10.1 Å². The van der Waals surface area contributed by atoms with Crippen LogP contribution >= 0.6 is 0 Å². The summed E-state index contributed by atoms with van der Waals surface area (Å²) in [5.74, 6) is -0.963. The summed E-state index contributed by atoms with van der Waals surface area (Å²) >= 11 is 0. The minimum atomic E-state index is -0.522. The number of aryl methyl sites for hydroxylation is 1. The van der Waals surface area contributed by atoms with E-state index in [1.54, 1.807) is 6.07 Å². The van der Waals surface area contributed by atoms with Crippen LogP contribution < -0.4 is 5.32 Å².